The first-order valence-corrected chi connectivity index (χ1v) is 10.3. The van der Waals surface area contributed by atoms with Gasteiger partial charge in [0.1, 0.15) is 0 Å². The van der Waals surface area contributed by atoms with Gasteiger partial charge in [0.05, 0.1) is 10.7 Å². The standard InChI is InChI=1S/C20H18Br2O2/c1-12-2-7-16-15(8-9-17(20(12)16)19(24)11-22)13-3-5-14(6-4-13)18(23)10-21/h3-6,8-9,12H,2,7,10-11H2,1H3. The quantitative estimate of drug-likeness (QED) is 0.442. The Morgan fingerprint density at radius 3 is 2.29 bits per heavy atom. The van der Waals surface area contributed by atoms with Gasteiger partial charge in [0, 0.05) is 11.1 Å². The van der Waals surface area contributed by atoms with Crippen molar-refractivity contribution < 1.29 is 9.59 Å². The molecule has 0 saturated heterocycles. The van der Waals surface area contributed by atoms with Crippen LogP contribution in [0.1, 0.15) is 51.1 Å². The van der Waals surface area contributed by atoms with Crippen LogP contribution in [0.3, 0.4) is 0 Å². The Morgan fingerprint density at radius 1 is 1.00 bits per heavy atom. The number of alkyl halides is 2. The lowest BCUT2D eigenvalue weighted by molar-refractivity contribution is 0.101. The van der Waals surface area contributed by atoms with Gasteiger partial charge in [-0.05, 0) is 41.0 Å². The fourth-order valence-electron chi connectivity index (χ4n) is 3.50. The third-order valence-corrected chi connectivity index (χ3v) is 5.76. The van der Waals surface area contributed by atoms with Crippen molar-refractivity contribution >= 4 is 43.4 Å². The van der Waals surface area contributed by atoms with Gasteiger partial charge in [-0.3, -0.25) is 9.59 Å². The SMILES string of the molecule is CC1CCc2c(-c3ccc(C(=O)CBr)cc3)ccc(C(=O)CBr)c21. The predicted octanol–water partition coefficient (Wildman–Crippen LogP) is 5.56. The minimum absolute atomic E-state index is 0.0821. The van der Waals surface area contributed by atoms with E-state index in [0.29, 0.717) is 22.1 Å². The molecule has 0 radical (unpaired) electrons. The van der Waals surface area contributed by atoms with Crippen molar-refractivity contribution in [2.45, 2.75) is 25.7 Å². The Morgan fingerprint density at radius 2 is 1.67 bits per heavy atom. The van der Waals surface area contributed by atoms with E-state index in [2.05, 4.69) is 38.8 Å². The number of halogens is 2. The molecule has 1 aliphatic rings. The largest absolute Gasteiger partial charge is 0.293 e. The van der Waals surface area contributed by atoms with E-state index in [1.54, 1.807) is 0 Å². The maximum Gasteiger partial charge on any atom is 0.173 e. The Bertz CT molecular complexity index is 794. The molecule has 0 fully saturated rings. The summed E-state index contributed by atoms with van der Waals surface area (Å²) in [7, 11) is 0. The summed E-state index contributed by atoms with van der Waals surface area (Å²) in [5.41, 5.74) is 6.34. The van der Waals surface area contributed by atoms with Crippen molar-refractivity contribution in [3.63, 3.8) is 0 Å². The molecule has 3 rings (SSSR count). The van der Waals surface area contributed by atoms with E-state index in [-0.39, 0.29) is 11.6 Å². The molecule has 1 atom stereocenters. The summed E-state index contributed by atoms with van der Waals surface area (Å²) >= 11 is 6.49. The number of Topliss-reactive ketones (excluding diaryl/α,β-unsaturated/α-hetero) is 2. The molecule has 4 heteroatoms. The lowest BCUT2D eigenvalue weighted by atomic mass is 9.89. The maximum absolute atomic E-state index is 12.2. The minimum atomic E-state index is 0.0821. The molecule has 0 aliphatic heterocycles. The molecule has 1 unspecified atom stereocenters. The molecular formula is C20H18Br2O2. The van der Waals surface area contributed by atoms with E-state index in [9.17, 15) is 9.59 Å². The topological polar surface area (TPSA) is 34.1 Å². The zero-order chi connectivity index (χ0) is 17.3. The van der Waals surface area contributed by atoms with Crippen LogP contribution in [0.4, 0.5) is 0 Å². The third kappa shape index (κ3) is 3.14. The molecule has 2 aromatic rings. The van der Waals surface area contributed by atoms with Crippen LogP contribution in [0.15, 0.2) is 36.4 Å². The highest BCUT2D eigenvalue weighted by Gasteiger charge is 2.27. The van der Waals surface area contributed by atoms with Crippen LogP contribution >= 0.6 is 31.9 Å². The zero-order valence-electron chi connectivity index (χ0n) is 13.4. The highest BCUT2D eigenvalue weighted by atomic mass is 79.9. The number of fused-ring (bicyclic) bond motifs is 1. The first-order chi connectivity index (χ1) is 11.6. The van der Waals surface area contributed by atoms with E-state index in [1.807, 2.05) is 36.4 Å². The van der Waals surface area contributed by atoms with Gasteiger partial charge in [0.25, 0.3) is 0 Å². The Kier molecular flexibility index (Phi) is 5.36. The van der Waals surface area contributed by atoms with Gasteiger partial charge in [0.2, 0.25) is 0 Å². The summed E-state index contributed by atoms with van der Waals surface area (Å²) in [5.74, 6) is 0.635. The second-order valence-electron chi connectivity index (χ2n) is 6.18. The first kappa shape index (κ1) is 17.6. The number of rotatable bonds is 5. The van der Waals surface area contributed by atoms with Crippen LogP contribution in [0.2, 0.25) is 0 Å². The molecule has 0 heterocycles. The van der Waals surface area contributed by atoms with Crippen molar-refractivity contribution in [2.24, 2.45) is 0 Å². The second-order valence-corrected chi connectivity index (χ2v) is 7.31. The van der Waals surface area contributed by atoms with Gasteiger partial charge in [-0.1, -0.05) is 75.2 Å². The van der Waals surface area contributed by atoms with Crippen LogP contribution in [-0.4, -0.2) is 22.2 Å². The van der Waals surface area contributed by atoms with Crippen molar-refractivity contribution in [2.75, 3.05) is 10.7 Å². The first-order valence-electron chi connectivity index (χ1n) is 8.01. The molecule has 2 aromatic carbocycles. The summed E-state index contributed by atoms with van der Waals surface area (Å²) in [6, 6.07) is 11.8. The average molecular weight is 450 g/mol. The number of carbonyl (C=O) groups excluding carboxylic acids is 2. The normalized spacial score (nSPS) is 16.0. The van der Waals surface area contributed by atoms with Crippen molar-refractivity contribution in [3.8, 4) is 11.1 Å². The molecular weight excluding hydrogens is 432 g/mol. The number of benzene rings is 2. The van der Waals surface area contributed by atoms with E-state index in [1.165, 1.54) is 16.7 Å². The van der Waals surface area contributed by atoms with Gasteiger partial charge < -0.3 is 0 Å². The van der Waals surface area contributed by atoms with Crippen LogP contribution in [-0.2, 0) is 6.42 Å². The smallest absolute Gasteiger partial charge is 0.173 e. The summed E-state index contributed by atoms with van der Waals surface area (Å²) in [4.78, 5) is 24.0. The fraction of sp³-hybridized carbons (Fsp3) is 0.300. The summed E-state index contributed by atoms with van der Waals surface area (Å²) in [5, 5.41) is 0.692. The van der Waals surface area contributed by atoms with E-state index >= 15 is 0 Å². The predicted molar refractivity (Wildman–Crippen MR) is 105 cm³/mol. The maximum atomic E-state index is 12.2. The van der Waals surface area contributed by atoms with Gasteiger partial charge in [-0.25, -0.2) is 0 Å². The number of carbonyl (C=O) groups is 2. The molecule has 2 nitrogen and oxygen atoms in total. The van der Waals surface area contributed by atoms with Crippen LogP contribution in [0, 0.1) is 0 Å². The Hall–Kier alpha value is -1.26. The average Bonchev–Trinajstić information content (AvgIpc) is 3.02. The highest BCUT2D eigenvalue weighted by molar-refractivity contribution is 9.09. The monoisotopic (exact) mass is 448 g/mol. The lowest BCUT2D eigenvalue weighted by Crippen LogP contribution is -2.07. The fourth-order valence-corrected chi connectivity index (χ4v) is 4.13. The summed E-state index contributed by atoms with van der Waals surface area (Å²) < 4.78 is 0. The van der Waals surface area contributed by atoms with Crippen molar-refractivity contribution in [3.05, 3.63) is 58.7 Å². The molecule has 124 valence electrons. The third-order valence-electron chi connectivity index (χ3n) is 4.74. The molecule has 24 heavy (non-hydrogen) atoms. The molecule has 0 aromatic heterocycles. The van der Waals surface area contributed by atoms with Crippen LogP contribution < -0.4 is 0 Å². The second kappa shape index (κ2) is 7.32. The Labute approximate surface area is 158 Å². The molecule has 0 N–H and O–H groups in total. The van der Waals surface area contributed by atoms with E-state index in [0.717, 1.165) is 24.0 Å². The van der Waals surface area contributed by atoms with Gasteiger partial charge in [-0.15, -0.1) is 0 Å². The van der Waals surface area contributed by atoms with Gasteiger partial charge >= 0.3 is 0 Å². The van der Waals surface area contributed by atoms with E-state index < -0.39 is 0 Å². The Balaban J connectivity index is 2.07. The zero-order valence-corrected chi connectivity index (χ0v) is 16.6. The van der Waals surface area contributed by atoms with Gasteiger partial charge in [0.15, 0.2) is 11.6 Å². The molecule has 0 saturated carbocycles. The summed E-state index contributed by atoms with van der Waals surface area (Å²) in [6.45, 7) is 2.19. The molecule has 0 spiro atoms. The van der Waals surface area contributed by atoms with Crippen molar-refractivity contribution in [1.82, 2.24) is 0 Å². The minimum Gasteiger partial charge on any atom is -0.293 e. The van der Waals surface area contributed by atoms with Gasteiger partial charge in [-0.2, -0.15) is 0 Å². The van der Waals surface area contributed by atoms with Crippen LogP contribution in [0.5, 0.6) is 0 Å². The highest BCUT2D eigenvalue weighted by Crippen LogP contribution is 2.41. The number of ketones is 2. The molecule has 1 aliphatic carbocycles. The lowest BCUT2D eigenvalue weighted by Gasteiger charge is -2.15. The van der Waals surface area contributed by atoms with Crippen LogP contribution in [0.25, 0.3) is 11.1 Å². The van der Waals surface area contributed by atoms with Crippen molar-refractivity contribution in [1.29, 1.82) is 0 Å². The number of hydrogen-bond donors (Lipinski definition) is 0. The molecule has 0 amide bonds. The number of hydrogen-bond acceptors (Lipinski definition) is 2. The van der Waals surface area contributed by atoms with E-state index in [4.69, 9.17) is 0 Å². The summed E-state index contributed by atoms with van der Waals surface area (Å²) in [6.07, 6.45) is 2.08. The molecule has 0 bridgehead atoms.